The van der Waals surface area contributed by atoms with Gasteiger partial charge in [0.25, 0.3) is 0 Å². The van der Waals surface area contributed by atoms with Crippen molar-refractivity contribution in [2.24, 2.45) is 0 Å². The standard InChI is InChI=1S/C17H24FN3O3S/c1-6-21-15(11-20(4)5)19-16(12(2)3)17(21)25(22,23)24-14-9-7-8-13(18)10-14/h7-10,12H,6,11H2,1-5H3. The monoisotopic (exact) mass is 369 g/mol. The predicted octanol–water partition coefficient (Wildman–Crippen LogP) is 2.99. The van der Waals surface area contributed by atoms with Gasteiger partial charge in [0.2, 0.25) is 0 Å². The van der Waals surface area contributed by atoms with Crippen molar-refractivity contribution >= 4 is 10.1 Å². The van der Waals surface area contributed by atoms with Gasteiger partial charge in [0.05, 0.1) is 12.2 Å². The Hall–Kier alpha value is -1.93. The molecule has 0 aliphatic rings. The highest BCUT2D eigenvalue weighted by atomic mass is 32.2. The van der Waals surface area contributed by atoms with E-state index < -0.39 is 15.9 Å². The zero-order valence-corrected chi connectivity index (χ0v) is 16.0. The van der Waals surface area contributed by atoms with Gasteiger partial charge in [0.15, 0.2) is 5.03 Å². The van der Waals surface area contributed by atoms with Gasteiger partial charge in [0.1, 0.15) is 17.4 Å². The molecule has 0 bridgehead atoms. The first-order valence-corrected chi connectivity index (χ1v) is 9.50. The molecular weight excluding hydrogens is 345 g/mol. The molecule has 0 amide bonds. The van der Waals surface area contributed by atoms with Gasteiger partial charge in [-0.25, -0.2) is 9.37 Å². The van der Waals surface area contributed by atoms with Gasteiger partial charge < -0.3 is 13.7 Å². The summed E-state index contributed by atoms with van der Waals surface area (Å²) in [6.07, 6.45) is 0. The Labute approximate surface area is 148 Å². The Kier molecular flexibility index (Phi) is 5.84. The Bertz CT molecular complexity index is 845. The van der Waals surface area contributed by atoms with E-state index >= 15 is 0 Å². The van der Waals surface area contributed by atoms with Crippen LogP contribution >= 0.6 is 0 Å². The summed E-state index contributed by atoms with van der Waals surface area (Å²) >= 11 is 0. The van der Waals surface area contributed by atoms with Crippen molar-refractivity contribution in [3.05, 3.63) is 41.6 Å². The van der Waals surface area contributed by atoms with Crippen molar-refractivity contribution in [3.63, 3.8) is 0 Å². The molecule has 0 unspecified atom stereocenters. The van der Waals surface area contributed by atoms with Crippen LogP contribution in [0.1, 0.15) is 38.2 Å². The zero-order chi connectivity index (χ0) is 18.8. The molecule has 0 aliphatic heterocycles. The largest absolute Gasteiger partial charge is 0.378 e. The van der Waals surface area contributed by atoms with Crippen LogP contribution in [-0.2, 0) is 23.2 Å². The van der Waals surface area contributed by atoms with E-state index in [1.807, 2.05) is 39.8 Å². The molecule has 0 saturated carbocycles. The van der Waals surface area contributed by atoms with Crippen LogP contribution in [0.4, 0.5) is 4.39 Å². The van der Waals surface area contributed by atoms with E-state index in [0.29, 0.717) is 24.6 Å². The normalized spacial score (nSPS) is 12.2. The second-order valence-electron chi connectivity index (χ2n) is 6.35. The van der Waals surface area contributed by atoms with Crippen LogP contribution in [0, 0.1) is 5.82 Å². The maximum atomic E-state index is 13.3. The van der Waals surface area contributed by atoms with Gasteiger partial charge in [-0.2, -0.15) is 8.42 Å². The molecule has 0 fully saturated rings. The number of halogens is 1. The Morgan fingerprint density at radius 2 is 2.00 bits per heavy atom. The van der Waals surface area contributed by atoms with Crippen molar-refractivity contribution < 1.29 is 17.0 Å². The topological polar surface area (TPSA) is 64.4 Å². The first kappa shape index (κ1) is 19.4. The van der Waals surface area contributed by atoms with E-state index in [9.17, 15) is 12.8 Å². The van der Waals surface area contributed by atoms with Crippen molar-refractivity contribution in [1.29, 1.82) is 0 Å². The highest BCUT2D eigenvalue weighted by Gasteiger charge is 2.31. The van der Waals surface area contributed by atoms with Crippen LogP contribution in [0.5, 0.6) is 5.75 Å². The predicted molar refractivity (Wildman–Crippen MR) is 93.6 cm³/mol. The summed E-state index contributed by atoms with van der Waals surface area (Å²) < 4.78 is 46.0. The van der Waals surface area contributed by atoms with Crippen molar-refractivity contribution in [2.45, 2.75) is 44.8 Å². The summed E-state index contributed by atoms with van der Waals surface area (Å²) in [6, 6.07) is 5.08. The van der Waals surface area contributed by atoms with Crippen molar-refractivity contribution in [3.8, 4) is 5.75 Å². The van der Waals surface area contributed by atoms with Gasteiger partial charge in [-0.05, 0) is 39.1 Å². The number of nitrogens with zero attached hydrogens (tertiary/aromatic N) is 3. The van der Waals surface area contributed by atoms with E-state index in [0.717, 1.165) is 6.07 Å². The number of hydrogen-bond acceptors (Lipinski definition) is 5. The van der Waals surface area contributed by atoms with Crippen LogP contribution in [0.2, 0.25) is 0 Å². The molecular formula is C17H24FN3O3S. The molecule has 1 aromatic heterocycles. The average molecular weight is 369 g/mol. The summed E-state index contributed by atoms with van der Waals surface area (Å²) in [6.45, 7) is 6.55. The second kappa shape index (κ2) is 7.53. The molecule has 138 valence electrons. The lowest BCUT2D eigenvalue weighted by molar-refractivity contribution is 0.377. The minimum atomic E-state index is -4.15. The Morgan fingerprint density at radius 3 is 2.52 bits per heavy atom. The number of imidazole rings is 1. The minimum Gasteiger partial charge on any atom is -0.378 e. The molecule has 0 saturated heterocycles. The average Bonchev–Trinajstić information content (AvgIpc) is 2.85. The Morgan fingerprint density at radius 1 is 1.32 bits per heavy atom. The Balaban J connectivity index is 2.56. The number of aromatic nitrogens is 2. The van der Waals surface area contributed by atoms with Crippen LogP contribution in [-0.4, -0.2) is 37.0 Å². The van der Waals surface area contributed by atoms with Gasteiger partial charge in [-0.1, -0.05) is 19.9 Å². The maximum Gasteiger partial charge on any atom is 0.357 e. The van der Waals surface area contributed by atoms with Crippen molar-refractivity contribution in [1.82, 2.24) is 14.5 Å². The third-order valence-corrected chi connectivity index (χ3v) is 4.90. The molecule has 25 heavy (non-hydrogen) atoms. The first-order chi connectivity index (χ1) is 11.7. The molecule has 8 heteroatoms. The molecule has 0 atom stereocenters. The SMILES string of the molecule is CCn1c(CN(C)C)nc(C(C)C)c1S(=O)(=O)Oc1cccc(F)c1. The molecule has 1 aromatic carbocycles. The van der Waals surface area contributed by atoms with Crippen LogP contribution in [0.3, 0.4) is 0 Å². The smallest absolute Gasteiger partial charge is 0.357 e. The van der Waals surface area contributed by atoms with E-state index in [2.05, 4.69) is 4.98 Å². The summed E-state index contributed by atoms with van der Waals surface area (Å²) in [4.78, 5) is 6.45. The summed E-state index contributed by atoms with van der Waals surface area (Å²) in [5, 5.41) is 0.0334. The van der Waals surface area contributed by atoms with Crippen LogP contribution in [0.15, 0.2) is 29.3 Å². The third-order valence-electron chi connectivity index (χ3n) is 3.58. The molecule has 0 spiro atoms. The lowest BCUT2D eigenvalue weighted by atomic mass is 10.1. The highest BCUT2D eigenvalue weighted by Crippen LogP contribution is 2.28. The fourth-order valence-corrected chi connectivity index (χ4v) is 4.03. The molecule has 2 aromatic rings. The molecule has 6 nitrogen and oxygen atoms in total. The quantitative estimate of drug-likeness (QED) is 0.702. The van der Waals surface area contributed by atoms with Crippen LogP contribution < -0.4 is 4.18 Å². The lowest BCUT2D eigenvalue weighted by Gasteiger charge is -2.14. The minimum absolute atomic E-state index is 0.0334. The van der Waals surface area contributed by atoms with Gasteiger partial charge in [0, 0.05) is 12.6 Å². The van der Waals surface area contributed by atoms with E-state index in [1.165, 1.54) is 18.2 Å². The molecule has 0 aliphatic carbocycles. The van der Waals surface area contributed by atoms with E-state index in [-0.39, 0.29) is 16.7 Å². The van der Waals surface area contributed by atoms with E-state index in [4.69, 9.17) is 4.18 Å². The molecule has 2 rings (SSSR count). The number of benzene rings is 1. The lowest BCUT2D eigenvalue weighted by Crippen LogP contribution is -2.20. The van der Waals surface area contributed by atoms with Crippen molar-refractivity contribution in [2.75, 3.05) is 14.1 Å². The molecule has 1 heterocycles. The van der Waals surface area contributed by atoms with Gasteiger partial charge in [-0.15, -0.1) is 0 Å². The molecule has 0 radical (unpaired) electrons. The maximum absolute atomic E-state index is 13.3. The third kappa shape index (κ3) is 4.38. The number of hydrogen-bond donors (Lipinski definition) is 0. The van der Waals surface area contributed by atoms with E-state index in [1.54, 1.807) is 4.57 Å². The van der Waals surface area contributed by atoms with Gasteiger partial charge >= 0.3 is 10.1 Å². The highest BCUT2D eigenvalue weighted by molar-refractivity contribution is 7.87. The fourth-order valence-electron chi connectivity index (χ4n) is 2.56. The summed E-state index contributed by atoms with van der Waals surface area (Å²) in [5.74, 6) is -0.0750. The number of rotatable bonds is 7. The van der Waals surface area contributed by atoms with Gasteiger partial charge in [-0.3, -0.25) is 0 Å². The summed E-state index contributed by atoms with van der Waals surface area (Å²) in [7, 11) is -0.368. The summed E-state index contributed by atoms with van der Waals surface area (Å²) in [5.41, 5.74) is 0.454. The van der Waals surface area contributed by atoms with Crippen LogP contribution in [0.25, 0.3) is 0 Å². The second-order valence-corrected chi connectivity index (χ2v) is 7.81. The molecule has 0 N–H and O–H groups in total. The zero-order valence-electron chi connectivity index (χ0n) is 15.2. The first-order valence-electron chi connectivity index (χ1n) is 8.09. The fraction of sp³-hybridized carbons (Fsp3) is 0.471.